The highest BCUT2D eigenvalue weighted by atomic mass is 32.2. The number of hydrogen-bond acceptors (Lipinski definition) is 5. The summed E-state index contributed by atoms with van der Waals surface area (Å²) in [7, 11) is -3.10. The van der Waals surface area contributed by atoms with Crippen molar-refractivity contribution in [2.45, 2.75) is 19.9 Å². The number of aromatic nitrogens is 1. The van der Waals surface area contributed by atoms with Crippen LogP contribution in [0.4, 0.5) is 0 Å². The predicted octanol–water partition coefficient (Wildman–Crippen LogP) is 2.37. The van der Waals surface area contributed by atoms with E-state index in [1.54, 1.807) is 17.4 Å². The second-order valence-corrected chi connectivity index (χ2v) is 8.20. The van der Waals surface area contributed by atoms with Gasteiger partial charge in [-0.2, -0.15) is 4.31 Å². The molecule has 1 saturated heterocycles. The van der Waals surface area contributed by atoms with Crippen molar-refractivity contribution in [1.29, 1.82) is 0 Å². The average molecular weight is 349 g/mol. The van der Waals surface area contributed by atoms with E-state index in [1.165, 1.54) is 0 Å². The van der Waals surface area contributed by atoms with E-state index in [1.807, 2.05) is 37.3 Å². The van der Waals surface area contributed by atoms with Crippen LogP contribution in [0.5, 0.6) is 0 Å². The van der Waals surface area contributed by atoms with E-state index in [-0.39, 0.29) is 11.8 Å². The lowest BCUT2D eigenvalue weighted by atomic mass is 10.2. The zero-order valence-electron chi connectivity index (χ0n) is 14.1. The predicted molar refractivity (Wildman–Crippen MR) is 93.0 cm³/mol. The van der Waals surface area contributed by atoms with Gasteiger partial charge < -0.3 is 4.42 Å². The number of benzene rings is 1. The zero-order valence-corrected chi connectivity index (χ0v) is 14.9. The van der Waals surface area contributed by atoms with Crippen LogP contribution < -0.4 is 0 Å². The van der Waals surface area contributed by atoms with E-state index < -0.39 is 10.0 Å². The lowest BCUT2D eigenvalue weighted by Gasteiger charge is -2.36. The number of oxazole rings is 1. The summed E-state index contributed by atoms with van der Waals surface area (Å²) < 4.78 is 31.4. The third-order valence-corrected chi connectivity index (χ3v) is 6.40. The van der Waals surface area contributed by atoms with Gasteiger partial charge in [-0.25, -0.2) is 13.4 Å². The summed E-state index contributed by atoms with van der Waals surface area (Å²) in [5, 5.41) is 0. The van der Waals surface area contributed by atoms with Gasteiger partial charge in [0.2, 0.25) is 15.9 Å². The highest BCUT2D eigenvalue weighted by Crippen LogP contribution is 2.26. The van der Waals surface area contributed by atoms with Crippen LogP contribution in [0.3, 0.4) is 0 Å². The first-order chi connectivity index (χ1) is 11.5. The summed E-state index contributed by atoms with van der Waals surface area (Å²) in [6, 6.07) is 9.90. The van der Waals surface area contributed by atoms with E-state index in [9.17, 15) is 8.42 Å². The zero-order chi connectivity index (χ0) is 17.2. The lowest BCUT2D eigenvalue weighted by molar-refractivity contribution is 0.130. The lowest BCUT2D eigenvalue weighted by Crippen LogP contribution is -2.49. The molecule has 1 aliphatic rings. The Morgan fingerprint density at radius 1 is 1.17 bits per heavy atom. The molecule has 0 saturated carbocycles. The average Bonchev–Trinajstić information content (AvgIpc) is 3.12. The monoisotopic (exact) mass is 349 g/mol. The van der Waals surface area contributed by atoms with Gasteiger partial charge in [-0.05, 0) is 13.8 Å². The number of rotatable bonds is 5. The molecule has 0 spiro atoms. The van der Waals surface area contributed by atoms with Gasteiger partial charge in [0.1, 0.15) is 0 Å². The molecular formula is C17H23N3O3S. The van der Waals surface area contributed by atoms with Gasteiger partial charge >= 0.3 is 0 Å². The first-order valence-electron chi connectivity index (χ1n) is 8.24. The molecular weight excluding hydrogens is 326 g/mol. The van der Waals surface area contributed by atoms with E-state index in [0.717, 1.165) is 11.3 Å². The topological polar surface area (TPSA) is 66.7 Å². The van der Waals surface area contributed by atoms with Crippen molar-refractivity contribution in [2.24, 2.45) is 0 Å². The summed E-state index contributed by atoms with van der Waals surface area (Å²) >= 11 is 0. The third kappa shape index (κ3) is 3.53. The minimum atomic E-state index is -3.10. The molecule has 1 aromatic carbocycles. The quantitative estimate of drug-likeness (QED) is 0.829. The van der Waals surface area contributed by atoms with Gasteiger partial charge in [-0.15, -0.1) is 0 Å². The molecule has 3 rings (SSSR count). The van der Waals surface area contributed by atoms with Crippen molar-refractivity contribution < 1.29 is 12.8 Å². The molecule has 2 aromatic rings. The summed E-state index contributed by atoms with van der Waals surface area (Å²) in [6.07, 6.45) is 1.75. The van der Waals surface area contributed by atoms with Gasteiger partial charge in [0.25, 0.3) is 0 Å². The molecule has 0 aliphatic carbocycles. The maximum absolute atomic E-state index is 11.9. The van der Waals surface area contributed by atoms with Crippen molar-refractivity contribution in [1.82, 2.24) is 14.2 Å². The van der Waals surface area contributed by atoms with Crippen LogP contribution in [0, 0.1) is 0 Å². The SMILES string of the molecule is CCS(=O)(=O)N1CCN(C(C)c2ncc(-c3ccccc3)o2)CC1. The fourth-order valence-corrected chi connectivity index (χ4v) is 4.01. The molecule has 0 radical (unpaired) electrons. The normalized spacial score (nSPS) is 18.6. The standard InChI is InChI=1S/C17H23N3O3S/c1-3-24(21,22)20-11-9-19(10-12-20)14(2)17-18-13-16(23-17)15-7-5-4-6-8-15/h4-8,13-14H,3,9-12H2,1-2H3. The van der Waals surface area contributed by atoms with E-state index in [2.05, 4.69) is 9.88 Å². The van der Waals surface area contributed by atoms with Gasteiger partial charge in [0.05, 0.1) is 18.0 Å². The van der Waals surface area contributed by atoms with Crippen LogP contribution in [0.1, 0.15) is 25.8 Å². The summed E-state index contributed by atoms with van der Waals surface area (Å²) in [5.74, 6) is 1.58. The van der Waals surface area contributed by atoms with Gasteiger partial charge in [-0.1, -0.05) is 30.3 Å². The Morgan fingerprint density at radius 3 is 2.46 bits per heavy atom. The number of sulfonamides is 1. The third-order valence-electron chi connectivity index (χ3n) is 4.52. The van der Waals surface area contributed by atoms with E-state index in [4.69, 9.17) is 4.42 Å². The Bertz CT molecular complexity index is 765. The molecule has 1 fully saturated rings. The Balaban J connectivity index is 1.66. The van der Waals surface area contributed by atoms with Gasteiger partial charge in [-0.3, -0.25) is 4.90 Å². The Hall–Kier alpha value is -1.70. The molecule has 0 bridgehead atoms. The van der Waals surface area contributed by atoms with Crippen molar-refractivity contribution in [3.8, 4) is 11.3 Å². The van der Waals surface area contributed by atoms with Gasteiger partial charge in [0, 0.05) is 31.7 Å². The van der Waals surface area contributed by atoms with Crippen molar-refractivity contribution in [3.05, 3.63) is 42.4 Å². The van der Waals surface area contributed by atoms with Crippen LogP contribution in [-0.2, 0) is 10.0 Å². The first kappa shape index (κ1) is 17.1. The van der Waals surface area contributed by atoms with Crippen molar-refractivity contribution in [2.75, 3.05) is 31.9 Å². The van der Waals surface area contributed by atoms with Gasteiger partial charge in [0.15, 0.2) is 5.76 Å². The summed E-state index contributed by atoms with van der Waals surface area (Å²) in [6.45, 7) is 6.14. The maximum Gasteiger partial charge on any atom is 0.213 e. The van der Waals surface area contributed by atoms with Crippen LogP contribution in [-0.4, -0.2) is 54.5 Å². The smallest absolute Gasteiger partial charge is 0.213 e. The molecule has 1 unspecified atom stereocenters. The second kappa shape index (κ2) is 7.04. The van der Waals surface area contributed by atoms with Crippen LogP contribution in [0.2, 0.25) is 0 Å². The van der Waals surface area contributed by atoms with Crippen LogP contribution in [0.25, 0.3) is 11.3 Å². The fourth-order valence-electron chi connectivity index (χ4n) is 2.92. The minimum Gasteiger partial charge on any atom is -0.439 e. The van der Waals surface area contributed by atoms with Crippen molar-refractivity contribution in [3.63, 3.8) is 0 Å². The molecule has 1 atom stereocenters. The molecule has 0 amide bonds. The second-order valence-electron chi connectivity index (χ2n) is 5.94. The number of nitrogens with zero attached hydrogens (tertiary/aromatic N) is 3. The molecule has 1 aromatic heterocycles. The van der Waals surface area contributed by atoms with Crippen LogP contribution in [0.15, 0.2) is 40.9 Å². The van der Waals surface area contributed by atoms with E-state index in [0.29, 0.717) is 32.1 Å². The fraction of sp³-hybridized carbons (Fsp3) is 0.471. The first-order valence-corrected chi connectivity index (χ1v) is 9.85. The van der Waals surface area contributed by atoms with Crippen LogP contribution >= 0.6 is 0 Å². The Morgan fingerprint density at radius 2 is 1.83 bits per heavy atom. The minimum absolute atomic E-state index is 0.0222. The molecule has 130 valence electrons. The molecule has 6 nitrogen and oxygen atoms in total. The summed E-state index contributed by atoms with van der Waals surface area (Å²) in [5.41, 5.74) is 1.00. The number of hydrogen-bond donors (Lipinski definition) is 0. The largest absolute Gasteiger partial charge is 0.439 e. The molecule has 2 heterocycles. The highest BCUT2D eigenvalue weighted by Gasteiger charge is 2.29. The summed E-state index contributed by atoms with van der Waals surface area (Å²) in [4.78, 5) is 6.62. The molecule has 24 heavy (non-hydrogen) atoms. The molecule has 0 N–H and O–H groups in total. The van der Waals surface area contributed by atoms with E-state index >= 15 is 0 Å². The Labute approximate surface area is 143 Å². The maximum atomic E-state index is 11.9. The molecule has 1 aliphatic heterocycles. The molecule has 7 heteroatoms. The van der Waals surface area contributed by atoms with Crippen molar-refractivity contribution >= 4 is 10.0 Å². The highest BCUT2D eigenvalue weighted by molar-refractivity contribution is 7.89. The Kier molecular flexibility index (Phi) is 5.03. The number of piperazine rings is 1.